The van der Waals surface area contributed by atoms with Gasteiger partial charge in [-0.3, -0.25) is 9.97 Å². The largest absolute Gasteiger partial charge is 0.264 e. The molecular weight excluding hydrogens is 292 g/mol. The molecule has 1 unspecified atom stereocenters. The summed E-state index contributed by atoms with van der Waals surface area (Å²) in [5, 5.41) is 0. The lowest BCUT2D eigenvalue weighted by Gasteiger charge is -2.24. The van der Waals surface area contributed by atoms with Crippen molar-refractivity contribution in [3.63, 3.8) is 0 Å². The molecule has 1 atom stereocenters. The van der Waals surface area contributed by atoms with Crippen molar-refractivity contribution < 1.29 is 0 Å². The Morgan fingerprint density at radius 3 is 2.25 bits per heavy atom. The standard InChI is InChI=1S/C22H22N2/c1-2-7-17(8-3-1)21-13-12-20(16-24-21)22(18-9-4-5-10-18)19-11-6-14-23-15-19/h1-3,6-8,11-16,18,22H,4-5,9-10H2. The van der Waals surface area contributed by atoms with Crippen LogP contribution in [0.3, 0.4) is 0 Å². The van der Waals surface area contributed by atoms with E-state index >= 15 is 0 Å². The topological polar surface area (TPSA) is 25.8 Å². The molecule has 0 aliphatic heterocycles. The predicted octanol–water partition coefficient (Wildman–Crippen LogP) is 5.47. The Labute approximate surface area is 143 Å². The first kappa shape index (κ1) is 15.1. The average molecular weight is 314 g/mol. The molecule has 1 aromatic carbocycles. The molecule has 3 aromatic rings. The highest BCUT2D eigenvalue weighted by atomic mass is 14.7. The number of aromatic nitrogens is 2. The van der Waals surface area contributed by atoms with Crippen molar-refractivity contribution in [2.75, 3.05) is 0 Å². The van der Waals surface area contributed by atoms with Crippen LogP contribution in [0.5, 0.6) is 0 Å². The molecule has 0 spiro atoms. The monoisotopic (exact) mass is 314 g/mol. The first-order valence-corrected chi connectivity index (χ1v) is 8.83. The van der Waals surface area contributed by atoms with Crippen LogP contribution < -0.4 is 0 Å². The lowest BCUT2D eigenvalue weighted by atomic mass is 9.81. The molecule has 24 heavy (non-hydrogen) atoms. The highest BCUT2D eigenvalue weighted by molar-refractivity contribution is 5.59. The molecule has 2 heteroatoms. The summed E-state index contributed by atoms with van der Waals surface area (Å²) in [4.78, 5) is 9.09. The van der Waals surface area contributed by atoms with E-state index < -0.39 is 0 Å². The number of nitrogens with zero attached hydrogens (tertiary/aromatic N) is 2. The van der Waals surface area contributed by atoms with E-state index in [1.807, 2.05) is 24.5 Å². The van der Waals surface area contributed by atoms with Crippen LogP contribution >= 0.6 is 0 Å². The van der Waals surface area contributed by atoms with Gasteiger partial charge in [-0.25, -0.2) is 0 Å². The average Bonchev–Trinajstić information content (AvgIpc) is 3.18. The number of pyridine rings is 2. The van der Waals surface area contributed by atoms with Crippen LogP contribution in [0.2, 0.25) is 0 Å². The molecule has 2 aromatic heterocycles. The van der Waals surface area contributed by atoms with Crippen LogP contribution in [0.1, 0.15) is 42.7 Å². The minimum absolute atomic E-state index is 0.415. The van der Waals surface area contributed by atoms with E-state index in [1.165, 1.54) is 42.4 Å². The number of rotatable bonds is 4. The van der Waals surface area contributed by atoms with Gasteiger partial charge >= 0.3 is 0 Å². The molecule has 1 saturated carbocycles. The second-order valence-corrected chi connectivity index (χ2v) is 6.65. The minimum atomic E-state index is 0.415. The third-order valence-corrected chi connectivity index (χ3v) is 5.13. The molecule has 0 bridgehead atoms. The van der Waals surface area contributed by atoms with Crippen molar-refractivity contribution in [1.29, 1.82) is 0 Å². The first-order valence-electron chi connectivity index (χ1n) is 8.83. The van der Waals surface area contributed by atoms with Gasteiger partial charge in [0.1, 0.15) is 0 Å². The highest BCUT2D eigenvalue weighted by Gasteiger charge is 2.28. The maximum Gasteiger partial charge on any atom is 0.0702 e. The predicted molar refractivity (Wildman–Crippen MR) is 97.7 cm³/mol. The summed E-state index contributed by atoms with van der Waals surface area (Å²) in [6, 6.07) is 19.0. The zero-order chi connectivity index (χ0) is 16.2. The van der Waals surface area contributed by atoms with Crippen molar-refractivity contribution >= 4 is 0 Å². The van der Waals surface area contributed by atoms with Gasteiger partial charge in [0.05, 0.1) is 5.69 Å². The SMILES string of the molecule is c1ccc(-c2ccc(C(c3cccnc3)C3CCCC3)cn2)cc1. The number of hydrogen-bond acceptors (Lipinski definition) is 2. The lowest BCUT2D eigenvalue weighted by Crippen LogP contribution is -2.12. The fourth-order valence-corrected chi connectivity index (χ4v) is 3.96. The number of benzene rings is 1. The third-order valence-electron chi connectivity index (χ3n) is 5.13. The van der Waals surface area contributed by atoms with Gasteiger partial charge in [0.2, 0.25) is 0 Å². The van der Waals surface area contributed by atoms with Gasteiger partial charge in [-0.05, 0) is 42.0 Å². The Morgan fingerprint density at radius 2 is 1.58 bits per heavy atom. The van der Waals surface area contributed by atoms with Crippen molar-refractivity contribution in [2.24, 2.45) is 5.92 Å². The van der Waals surface area contributed by atoms with Gasteiger partial charge in [-0.15, -0.1) is 0 Å². The van der Waals surface area contributed by atoms with Gasteiger partial charge in [0.25, 0.3) is 0 Å². The van der Waals surface area contributed by atoms with E-state index in [0.717, 1.165) is 5.69 Å². The van der Waals surface area contributed by atoms with Gasteiger partial charge in [-0.1, -0.05) is 55.3 Å². The highest BCUT2D eigenvalue weighted by Crippen LogP contribution is 2.41. The van der Waals surface area contributed by atoms with E-state index in [2.05, 4.69) is 53.6 Å². The molecule has 0 amide bonds. The molecule has 0 radical (unpaired) electrons. The molecular formula is C22H22N2. The van der Waals surface area contributed by atoms with E-state index in [9.17, 15) is 0 Å². The summed E-state index contributed by atoms with van der Waals surface area (Å²) in [6.07, 6.45) is 11.2. The van der Waals surface area contributed by atoms with Crippen LogP contribution in [0, 0.1) is 5.92 Å². The summed E-state index contributed by atoms with van der Waals surface area (Å²) in [7, 11) is 0. The van der Waals surface area contributed by atoms with Crippen molar-refractivity contribution in [3.8, 4) is 11.3 Å². The van der Waals surface area contributed by atoms with E-state index in [0.29, 0.717) is 11.8 Å². The molecule has 1 aliphatic rings. The van der Waals surface area contributed by atoms with Crippen LogP contribution in [0.4, 0.5) is 0 Å². The molecule has 2 nitrogen and oxygen atoms in total. The van der Waals surface area contributed by atoms with Crippen molar-refractivity contribution in [2.45, 2.75) is 31.6 Å². The minimum Gasteiger partial charge on any atom is -0.264 e. The molecule has 4 rings (SSSR count). The maximum atomic E-state index is 4.75. The summed E-state index contributed by atoms with van der Waals surface area (Å²) >= 11 is 0. The summed E-state index contributed by atoms with van der Waals surface area (Å²) in [5.74, 6) is 1.12. The normalized spacial score (nSPS) is 16.2. The van der Waals surface area contributed by atoms with E-state index in [1.54, 1.807) is 0 Å². The Bertz CT molecular complexity index is 760. The smallest absolute Gasteiger partial charge is 0.0702 e. The van der Waals surface area contributed by atoms with Crippen LogP contribution in [0.15, 0.2) is 73.2 Å². The van der Waals surface area contributed by atoms with Gasteiger partial charge in [0.15, 0.2) is 0 Å². The lowest BCUT2D eigenvalue weighted by molar-refractivity contribution is 0.482. The molecule has 120 valence electrons. The summed E-state index contributed by atoms with van der Waals surface area (Å²) in [6.45, 7) is 0. The Morgan fingerprint density at radius 1 is 0.792 bits per heavy atom. The van der Waals surface area contributed by atoms with Gasteiger partial charge in [-0.2, -0.15) is 0 Å². The third kappa shape index (κ3) is 3.09. The Hall–Kier alpha value is -2.48. The Kier molecular flexibility index (Phi) is 4.37. The summed E-state index contributed by atoms with van der Waals surface area (Å²) in [5.41, 5.74) is 4.84. The maximum absolute atomic E-state index is 4.75. The van der Waals surface area contributed by atoms with E-state index in [-0.39, 0.29) is 0 Å². The molecule has 1 aliphatic carbocycles. The van der Waals surface area contributed by atoms with Gasteiger partial charge < -0.3 is 0 Å². The Balaban J connectivity index is 1.68. The fraction of sp³-hybridized carbons (Fsp3) is 0.273. The van der Waals surface area contributed by atoms with Crippen LogP contribution in [-0.2, 0) is 0 Å². The quantitative estimate of drug-likeness (QED) is 0.638. The zero-order valence-corrected chi connectivity index (χ0v) is 13.8. The van der Waals surface area contributed by atoms with Crippen molar-refractivity contribution in [3.05, 3.63) is 84.3 Å². The summed E-state index contributed by atoms with van der Waals surface area (Å²) < 4.78 is 0. The zero-order valence-electron chi connectivity index (χ0n) is 13.8. The molecule has 1 fully saturated rings. The van der Waals surface area contributed by atoms with E-state index in [4.69, 9.17) is 4.98 Å². The second kappa shape index (κ2) is 6.96. The van der Waals surface area contributed by atoms with Crippen LogP contribution in [0.25, 0.3) is 11.3 Å². The first-order chi connectivity index (χ1) is 11.9. The fourth-order valence-electron chi connectivity index (χ4n) is 3.96. The number of hydrogen-bond donors (Lipinski definition) is 0. The van der Waals surface area contributed by atoms with Crippen LogP contribution in [-0.4, -0.2) is 9.97 Å². The molecule has 0 N–H and O–H groups in total. The van der Waals surface area contributed by atoms with Crippen molar-refractivity contribution in [1.82, 2.24) is 9.97 Å². The van der Waals surface area contributed by atoms with Gasteiger partial charge in [0, 0.05) is 30.1 Å². The molecule has 0 saturated heterocycles. The second-order valence-electron chi connectivity index (χ2n) is 6.65. The molecule has 2 heterocycles.